The van der Waals surface area contributed by atoms with E-state index in [0.717, 1.165) is 5.56 Å². The van der Waals surface area contributed by atoms with Gasteiger partial charge in [0.2, 0.25) is 5.55 Å². The van der Waals surface area contributed by atoms with Crippen LogP contribution in [0.15, 0.2) is 57.9 Å². The van der Waals surface area contributed by atoms with Crippen molar-refractivity contribution in [1.82, 2.24) is 0 Å². The number of halogens is 1. The lowest BCUT2D eigenvalue weighted by Crippen LogP contribution is -2.22. The quantitative estimate of drug-likeness (QED) is 0.790. The van der Waals surface area contributed by atoms with E-state index < -0.39 is 5.91 Å². The molecule has 0 aliphatic carbocycles. The summed E-state index contributed by atoms with van der Waals surface area (Å²) in [6.07, 6.45) is 0. The molecule has 0 fully saturated rings. The van der Waals surface area contributed by atoms with Crippen molar-refractivity contribution in [2.75, 3.05) is 7.11 Å². The van der Waals surface area contributed by atoms with E-state index in [4.69, 9.17) is 26.5 Å². The van der Waals surface area contributed by atoms with Crippen LogP contribution in [0.1, 0.15) is 15.9 Å². The highest BCUT2D eigenvalue weighted by molar-refractivity contribution is 6.30. The van der Waals surface area contributed by atoms with Crippen LogP contribution < -0.4 is 16.0 Å². The molecule has 1 aromatic heterocycles. The van der Waals surface area contributed by atoms with Crippen LogP contribution in [-0.2, 0) is 6.54 Å². The Morgan fingerprint density at radius 3 is 2.75 bits per heavy atom. The first kappa shape index (κ1) is 16.1. The van der Waals surface area contributed by atoms with Gasteiger partial charge in [-0.1, -0.05) is 35.9 Å². The summed E-state index contributed by atoms with van der Waals surface area (Å²) in [7, 11) is 1.55. The fourth-order valence-electron chi connectivity index (χ4n) is 2.38. The molecular weight excluding hydrogens is 328 g/mol. The fourth-order valence-corrected chi connectivity index (χ4v) is 2.59. The third kappa shape index (κ3) is 3.26. The molecule has 3 rings (SSSR count). The lowest BCUT2D eigenvalue weighted by atomic mass is 10.1. The highest BCUT2D eigenvalue weighted by Crippen LogP contribution is 2.24. The normalized spacial score (nSPS) is 11.7. The highest BCUT2D eigenvalue weighted by atomic mass is 35.5. The molecule has 2 aromatic carbocycles. The standard InChI is InChI=1S/C18H15ClN2O3/c1-23-15-7-3-5-12-9-14(17(20)22)18(24-16(12)15)21-10-11-4-2-6-13(19)8-11/h2-9H,10H2,1H3,(H2,20,22). The van der Waals surface area contributed by atoms with Gasteiger partial charge in [0.25, 0.3) is 5.91 Å². The summed E-state index contributed by atoms with van der Waals surface area (Å²) < 4.78 is 11.1. The Kier molecular flexibility index (Phi) is 4.53. The number of para-hydroxylation sites is 1. The van der Waals surface area contributed by atoms with Crippen LogP contribution >= 0.6 is 11.6 Å². The van der Waals surface area contributed by atoms with E-state index in [1.165, 1.54) is 0 Å². The number of rotatable bonds is 4. The molecular formula is C18H15ClN2O3. The molecule has 0 saturated carbocycles. The van der Waals surface area contributed by atoms with E-state index in [-0.39, 0.29) is 11.1 Å². The Labute approximate surface area is 143 Å². The minimum absolute atomic E-state index is 0.166. The van der Waals surface area contributed by atoms with Crippen molar-refractivity contribution in [2.24, 2.45) is 10.7 Å². The molecule has 0 atom stereocenters. The summed E-state index contributed by atoms with van der Waals surface area (Å²) in [6, 6.07) is 14.4. The van der Waals surface area contributed by atoms with Crippen molar-refractivity contribution < 1.29 is 13.9 Å². The van der Waals surface area contributed by atoms with Gasteiger partial charge in [-0.2, -0.15) is 0 Å². The summed E-state index contributed by atoms with van der Waals surface area (Å²) in [6.45, 7) is 0.311. The van der Waals surface area contributed by atoms with Gasteiger partial charge in [-0.25, -0.2) is 4.99 Å². The number of ether oxygens (including phenoxy) is 1. The Balaban J connectivity index is 2.15. The minimum Gasteiger partial charge on any atom is -0.493 e. The van der Waals surface area contributed by atoms with Gasteiger partial charge >= 0.3 is 0 Å². The van der Waals surface area contributed by atoms with Crippen molar-refractivity contribution >= 4 is 28.5 Å². The number of nitrogens with two attached hydrogens (primary N) is 1. The number of carbonyl (C=O) groups excluding carboxylic acids is 1. The molecule has 3 aromatic rings. The van der Waals surface area contributed by atoms with Crippen LogP contribution in [0, 0.1) is 0 Å². The van der Waals surface area contributed by atoms with Crippen LogP contribution in [0.25, 0.3) is 11.0 Å². The molecule has 0 unspecified atom stereocenters. The van der Waals surface area contributed by atoms with E-state index >= 15 is 0 Å². The van der Waals surface area contributed by atoms with Gasteiger partial charge in [0.05, 0.1) is 13.7 Å². The molecule has 0 radical (unpaired) electrons. The number of carbonyl (C=O) groups is 1. The molecule has 0 spiro atoms. The molecule has 0 aliphatic heterocycles. The number of primary amides is 1. The molecule has 0 aliphatic rings. The average molecular weight is 343 g/mol. The number of nitrogens with zero attached hydrogens (tertiary/aromatic N) is 1. The van der Waals surface area contributed by atoms with Crippen molar-refractivity contribution in [1.29, 1.82) is 0 Å². The van der Waals surface area contributed by atoms with Crippen LogP contribution in [0.2, 0.25) is 5.02 Å². The first-order chi connectivity index (χ1) is 11.6. The van der Waals surface area contributed by atoms with Crippen molar-refractivity contribution in [3.63, 3.8) is 0 Å². The second-order valence-electron chi connectivity index (χ2n) is 5.15. The third-order valence-electron chi connectivity index (χ3n) is 3.52. The second-order valence-corrected chi connectivity index (χ2v) is 5.59. The molecule has 5 nitrogen and oxygen atoms in total. The largest absolute Gasteiger partial charge is 0.493 e. The molecule has 1 amide bonds. The van der Waals surface area contributed by atoms with Crippen molar-refractivity contribution in [3.8, 4) is 5.75 Å². The van der Waals surface area contributed by atoms with Crippen molar-refractivity contribution in [2.45, 2.75) is 6.54 Å². The van der Waals surface area contributed by atoms with Gasteiger partial charge in [0.1, 0.15) is 5.56 Å². The smallest absolute Gasteiger partial charge is 0.254 e. The zero-order valence-electron chi connectivity index (χ0n) is 13.0. The van der Waals surface area contributed by atoms with E-state index in [0.29, 0.717) is 28.3 Å². The number of benzene rings is 2. The molecule has 6 heteroatoms. The summed E-state index contributed by atoms with van der Waals surface area (Å²) >= 11 is 5.97. The summed E-state index contributed by atoms with van der Waals surface area (Å²) in [5.74, 6) is -0.0453. The van der Waals surface area contributed by atoms with Crippen LogP contribution in [-0.4, -0.2) is 13.0 Å². The summed E-state index contributed by atoms with van der Waals surface area (Å²) in [5.41, 5.74) is 7.25. The van der Waals surface area contributed by atoms with Gasteiger partial charge in [0, 0.05) is 10.4 Å². The SMILES string of the molecule is COc1cccc2cc(C(N)=O)c(=NCc3cccc(Cl)c3)oc12. The first-order valence-electron chi connectivity index (χ1n) is 7.24. The van der Waals surface area contributed by atoms with Crippen LogP contribution in [0.4, 0.5) is 0 Å². The molecule has 122 valence electrons. The molecule has 24 heavy (non-hydrogen) atoms. The number of hydrogen-bond donors (Lipinski definition) is 1. The van der Waals surface area contributed by atoms with Crippen molar-refractivity contribution in [3.05, 3.63) is 70.2 Å². The monoisotopic (exact) mass is 342 g/mol. The Morgan fingerprint density at radius 1 is 1.25 bits per heavy atom. The van der Waals surface area contributed by atoms with Gasteiger partial charge < -0.3 is 14.9 Å². The summed E-state index contributed by atoms with van der Waals surface area (Å²) in [4.78, 5) is 16.1. The summed E-state index contributed by atoms with van der Waals surface area (Å²) in [5, 5.41) is 1.33. The van der Waals surface area contributed by atoms with E-state index in [2.05, 4.69) is 4.99 Å². The zero-order valence-corrected chi connectivity index (χ0v) is 13.7. The number of fused-ring (bicyclic) bond motifs is 1. The maximum absolute atomic E-state index is 11.7. The van der Waals surface area contributed by atoms with Gasteiger partial charge in [-0.3, -0.25) is 4.79 Å². The molecule has 2 N–H and O–H groups in total. The van der Waals surface area contributed by atoms with E-state index in [9.17, 15) is 4.79 Å². The molecule has 1 heterocycles. The highest BCUT2D eigenvalue weighted by Gasteiger charge is 2.11. The maximum Gasteiger partial charge on any atom is 0.254 e. The fraction of sp³-hybridized carbons (Fsp3) is 0.111. The minimum atomic E-state index is -0.603. The molecule has 0 saturated heterocycles. The predicted molar refractivity (Wildman–Crippen MR) is 92.0 cm³/mol. The van der Waals surface area contributed by atoms with E-state index in [1.54, 1.807) is 31.4 Å². The van der Waals surface area contributed by atoms with Crippen LogP contribution in [0.5, 0.6) is 5.75 Å². The third-order valence-corrected chi connectivity index (χ3v) is 3.75. The lowest BCUT2D eigenvalue weighted by molar-refractivity contribution is 0.0996. The predicted octanol–water partition coefficient (Wildman–Crippen LogP) is 3.29. The van der Waals surface area contributed by atoms with Gasteiger partial charge in [-0.15, -0.1) is 0 Å². The van der Waals surface area contributed by atoms with Crippen LogP contribution in [0.3, 0.4) is 0 Å². The number of amides is 1. The topological polar surface area (TPSA) is 77.8 Å². The number of methoxy groups -OCH3 is 1. The Bertz CT molecular complexity index is 979. The second kappa shape index (κ2) is 6.76. The number of hydrogen-bond acceptors (Lipinski definition) is 4. The lowest BCUT2D eigenvalue weighted by Gasteiger charge is -2.06. The average Bonchev–Trinajstić information content (AvgIpc) is 2.58. The van der Waals surface area contributed by atoms with Gasteiger partial charge in [0.15, 0.2) is 11.3 Å². The Morgan fingerprint density at radius 2 is 2.04 bits per heavy atom. The van der Waals surface area contributed by atoms with E-state index in [1.807, 2.05) is 24.3 Å². The maximum atomic E-state index is 11.7. The first-order valence-corrected chi connectivity index (χ1v) is 7.62. The Hall–Kier alpha value is -2.79. The van der Waals surface area contributed by atoms with Gasteiger partial charge in [-0.05, 0) is 29.8 Å². The zero-order chi connectivity index (χ0) is 17.1. The molecule has 0 bridgehead atoms.